The van der Waals surface area contributed by atoms with E-state index in [4.69, 9.17) is 11.6 Å². The van der Waals surface area contributed by atoms with E-state index in [1.807, 2.05) is 12.1 Å². The Morgan fingerprint density at radius 1 is 1.25 bits per heavy atom. The van der Waals surface area contributed by atoms with E-state index in [2.05, 4.69) is 9.72 Å². The fourth-order valence-corrected chi connectivity index (χ4v) is 1.71. The van der Waals surface area contributed by atoms with Gasteiger partial charge in [0.05, 0.1) is 0 Å². The van der Waals surface area contributed by atoms with Crippen molar-refractivity contribution in [1.82, 2.24) is 9.88 Å². The summed E-state index contributed by atoms with van der Waals surface area (Å²) in [6.07, 6.45) is -2.06. The highest BCUT2D eigenvalue weighted by Crippen LogP contribution is 2.19. The van der Waals surface area contributed by atoms with Gasteiger partial charge in [-0.1, -0.05) is 17.7 Å². The van der Waals surface area contributed by atoms with Crippen molar-refractivity contribution >= 4 is 17.7 Å². The van der Waals surface area contributed by atoms with Crippen molar-refractivity contribution in [2.24, 2.45) is 0 Å². The average Bonchev–Trinajstić information content (AvgIpc) is 2.39. The summed E-state index contributed by atoms with van der Waals surface area (Å²) in [6, 6.07) is 5.41. The molecule has 0 radical (unpaired) electrons. The summed E-state index contributed by atoms with van der Waals surface area (Å²) in [6.45, 7) is 0.712. The van der Waals surface area contributed by atoms with Crippen LogP contribution in [-0.2, 0) is 4.74 Å². The first kappa shape index (κ1) is 16.6. The molecule has 2 rings (SSSR count). The van der Waals surface area contributed by atoms with Gasteiger partial charge in [0.15, 0.2) is 0 Å². The van der Waals surface area contributed by atoms with Crippen LogP contribution in [0.4, 0.5) is 18.0 Å². The van der Waals surface area contributed by atoms with Crippen LogP contribution in [0.2, 0.25) is 5.15 Å². The summed E-state index contributed by atoms with van der Waals surface area (Å²) >= 11 is 5.43. The van der Waals surface area contributed by atoms with E-state index in [0.717, 1.165) is 24.2 Å². The predicted molar refractivity (Wildman–Crippen MR) is 67.2 cm³/mol. The van der Waals surface area contributed by atoms with Crippen LogP contribution in [0.25, 0.3) is 0 Å². The SMILES string of the molecule is Clc1ccccn1.O=C(OC(F)(F)F)N1CCCCC1. The summed E-state index contributed by atoms with van der Waals surface area (Å²) < 4.78 is 38.0. The highest BCUT2D eigenvalue weighted by atomic mass is 35.5. The Bertz CT molecular complexity index is 409. The van der Waals surface area contributed by atoms with Gasteiger partial charge in [0.2, 0.25) is 0 Å². The van der Waals surface area contributed by atoms with Gasteiger partial charge in [0.25, 0.3) is 0 Å². The summed E-state index contributed by atoms with van der Waals surface area (Å²) in [7, 11) is 0. The molecule has 0 bridgehead atoms. The van der Waals surface area contributed by atoms with Gasteiger partial charge in [0, 0.05) is 19.3 Å². The number of hydrogen-bond donors (Lipinski definition) is 0. The minimum Gasteiger partial charge on any atom is -0.356 e. The lowest BCUT2D eigenvalue weighted by atomic mass is 10.1. The minimum absolute atomic E-state index is 0.356. The summed E-state index contributed by atoms with van der Waals surface area (Å²) in [5.74, 6) is 0. The lowest BCUT2D eigenvalue weighted by molar-refractivity contribution is -0.294. The molecule has 4 nitrogen and oxygen atoms in total. The van der Waals surface area contributed by atoms with Gasteiger partial charge < -0.3 is 9.64 Å². The van der Waals surface area contributed by atoms with E-state index in [1.54, 1.807) is 12.3 Å². The van der Waals surface area contributed by atoms with Crippen molar-refractivity contribution in [3.63, 3.8) is 0 Å². The third-order valence-corrected chi connectivity index (χ3v) is 2.67. The van der Waals surface area contributed by atoms with Gasteiger partial charge in [-0.15, -0.1) is 13.2 Å². The fraction of sp³-hybridized carbons (Fsp3) is 0.500. The molecule has 112 valence electrons. The summed E-state index contributed by atoms with van der Waals surface area (Å²) in [5.41, 5.74) is 0. The molecular formula is C12H14ClF3N2O2. The number of carbonyl (C=O) groups excluding carboxylic acids is 1. The van der Waals surface area contributed by atoms with Crippen LogP contribution in [0.1, 0.15) is 19.3 Å². The van der Waals surface area contributed by atoms with Crippen molar-refractivity contribution in [1.29, 1.82) is 0 Å². The molecule has 0 aromatic carbocycles. The summed E-state index contributed by atoms with van der Waals surface area (Å²) in [4.78, 5) is 15.6. The predicted octanol–water partition coefficient (Wildman–Crippen LogP) is 3.86. The molecular weight excluding hydrogens is 297 g/mol. The number of nitrogens with zero attached hydrogens (tertiary/aromatic N) is 2. The first-order chi connectivity index (χ1) is 9.38. The molecule has 0 aliphatic carbocycles. The third kappa shape index (κ3) is 7.18. The van der Waals surface area contributed by atoms with Crippen molar-refractivity contribution < 1.29 is 22.7 Å². The number of ether oxygens (including phenoxy) is 1. The topological polar surface area (TPSA) is 42.4 Å². The molecule has 8 heteroatoms. The standard InChI is InChI=1S/C7H10F3NO2.C5H4ClN/c8-7(9,10)13-6(12)11-4-2-1-3-5-11;6-5-3-1-2-4-7-5/h1-5H2;1-4H. The maximum absolute atomic E-state index is 11.6. The van der Waals surface area contributed by atoms with Crippen LogP contribution < -0.4 is 0 Å². The molecule has 1 saturated heterocycles. The van der Waals surface area contributed by atoms with Crippen molar-refractivity contribution in [3.8, 4) is 0 Å². The molecule has 0 N–H and O–H groups in total. The number of piperidine rings is 1. The van der Waals surface area contributed by atoms with Crippen LogP contribution in [0.5, 0.6) is 0 Å². The lowest BCUT2D eigenvalue weighted by Crippen LogP contribution is -2.38. The second-order valence-corrected chi connectivity index (χ2v) is 4.40. The Morgan fingerprint density at radius 3 is 2.30 bits per heavy atom. The zero-order valence-electron chi connectivity index (χ0n) is 10.6. The van der Waals surface area contributed by atoms with E-state index in [0.29, 0.717) is 18.2 Å². The Kier molecular flexibility index (Phi) is 6.57. The number of carbonyl (C=O) groups is 1. The molecule has 0 spiro atoms. The van der Waals surface area contributed by atoms with E-state index in [9.17, 15) is 18.0 Å². The first-order valence-electron chi connectivity index (χ1n) is 5.99. The second kappa shape index (κ2) is 7.94. The molecule has 20 heavy (non-hydrogen) atoms. The molecule has 1 aliphatic rings. The third-order valence-electron chi connectivity index (χ3n) is 2.45. The van der Waals surface area contributed by atoms with Crippen molar-refractivity contribution in [2.75, 3.05) is 13.1 Å². The Morgan fingerprint density at radius 2 is 1.90 bits per heavy atom. The van der Waals surface area contributed by atoms with Gasteiger partial charge in [0.1, 0.15) is 5.15 Å². The molecule has 1 aromatic rings. The number of hydrogen-bond acceptors (Lipinski definition) is 3. The van der Waals surface area contributed by atoms with Gasteiger partial charge in [-0.2, -0.15) is 0 Å². The average molecular weight is 311 g/mol. The number of pyridine rings is 1. The molecule has 1 aromatic heterocycles. The molecule has 2 heterocycles. The monoisotopic (exact) mass is 310 g/mol. The van der Waals surface area contributed by atoms with E-state index in [-0.39, 0.29) is 0 Å². The molecule has 0 unspecified atom stereocenters. The number of alkyl halides is 3. The normalized spacial score (nSPS) is 15.1. The number of halogens is 4. The van der Waals surface area contributed by atoms with E-state index >= 15 is 0 Å². The molecule has 1 aliphatic heterocycles. The molecule has 0 atom stereocenters. The first-order valence-corrected chi connectivity index (χ1v) is 6.37. The van der Waals surface area contributed by atoms with Crippen LogP contribution in [0.15, 0.2) is 24.4 Å². The van der Waals surface area contributed by atoms with Gasteiger partial charge in [-0.05, 0) is 31.4 Å². The maximum Gasteiger partial charge on any atom is 0.576 e. The van der Waals surface area contributed by atoms with Crippen LogP contribution in [0.3, 0.4) is 0 Å². The highest BCUT2D eigenvalue weighted by molar-refractivity contribution is 6.29. The number of likely N-dealkylation sites (tertiary alicyclic amines) is 1. The zero-order valence-corrected chi connectivity index (χ0v) is 11.3. The molecule has 0 saturated carbocycles. The van der Waals surface area contributed by atoms with Crippen LogP contribution >= 0.6 is 11.6 Å². The highest BCUT2D eigenvalue weighted by Gasteiger charge is 2.36. The molecule has 1 fully saturated rings. The molecule has 1 amide bonds. The van der Waals surface area contributed by atoms with E-state index in [1.165, 1.54) is 0 Å². The largest absolute Gasteiger partial charge is 0.576 e. The van der Waals surface area contributed by atoms with Gasteiger partial charge >= 0.3 is 12.5 Å². The number of aromatic nitrogens is 1. The zero-order chi connectivity index (χ0) is 15.0. The quantitative estimate of drug-likeness (QED) is 0.683. The van der Waals surface area contributed by atoms with Crippen LogP contribution in [0, 0.1) is 0 Å². The Hall–Kier alpha value is -1.50. The van der Waals surface area contributed by atoms with Crippen LogP contribution in [-0.4, -0.2) is 35.4 Å². The maximum atomic E-state index is 11.6. The number of amides is 1. The Labute approximate surface area is 119 Å². The summed E-state index contributed by atoms with van der Waals surface area (Å²) in [5, 5.41) is 0.544. The van der Waals surface area contributed by atoms with Crippen molar-refractivity contribution in [2.45, 2.75) is 25.6 Å². The lowest BCUT2D eigenvalue weighted by Gasteiger charge is -2.25. The van der Waals surface area contributed by atoms with Gasteiger partial charge in [-0.3, -0.25) is 0 Å². The number of rotatable bonds is 0. The minimum atomic E-state index is -4.87. The second-order valence-electron chi connectivity index (χ2n) is 4.01. The van der Waals surface area contributed by atoms with E-state index < -0.39 is 12.5 Å². The smallest absolute Gasteiger partial charge is 0.356 e. The Balaban J connectivity index is 0.000000240. The van der Waals surface area contributed by atoms with Crippen molar-refractivity contribution in [3.05, 3.63) is 29.5 Å². The fourth-order valence-electron chi connectivity index (χ4n) is 1.58. The van der Waals surface area contributed by atoms with Gasteiger partial charge in [-0.25, -0.2) is 9.78 Å².